The number of nitrogens with zero attached hydrogens (tertiary/aromatic N) is 1. The van der Waals surface area contributed by atoms with Gasteiger partial charge in [0, 0.05) is 6.54 Å². The summed E-state index contributed by atoms with van der Waals surface area (Å²) in [5, 5.41) is 0. The SMILES string of the molecule is CCOC(=O)C(C)(N)CCCN(C)CCOC(C)C. The Balaban J connectivity index is 3.79. The zero-order valence-corrected chi connectivity index (χ0v) is 13.1. The van der Waals surface area contributed by atoms with Gasteiger partial charge in [-0.25, -0.2) is 0 Å². The van der Waals surface area contributed by atoms with Crippen LogP contribution in [0, 0.1) is 0 Å². The Labute approximate surface area is 117 Å². The minimum absolute atomic E-state index is 0.268. The molecule has 0 aliphatic rings. The summed E-state index contributed by atoms with van der Waals surface area (Å²) in [6, 6.07) is 0. The fraction of sp³-hybridized carbons (Fsp3) is 0.929. The Bertz CT molecular complexity index is 255. The number of esters is 1. The summed E-state index contributed by atoms with van der Waals surface area (Å²) >= 11 is 0. The number of rotatable bonds is 10. The van der Waals surface area contributed by atoms with Crippen LogP contribution in [-0.2, 0) is 14.3 Å². The fourth-order valence-electron chi connectivity index (χ4n) is 1.67. The second kappa shape index (κ2) is 9.28. The predicted molar refractivity (Wildman–Crippen MR) is 77.0 cm³/mol. The van der Waals surface area contributed by atoms with Crippen molar-refractivity contribution < 1.29 is 14.3 Å². The second-order valence-electron chi connectivity index (χ2n) is 5.46. The van der Waals surface area contributed by atoms with Crippen LogP contribution in [0.5, 0.6) is 0 Å². The normalized spacial score (nSPS) is 14.7. The van der Waals surface area contributed by atoms with E-state index < -0.39 is 5.54 Å². The summed E-state index contributed by atoms with van der Waals surface area (Å²) in [6.07, 6.45) is 1.76. The van der Waals surface area contributed by atoms with Crippen LogP contribution in [0.25, 0.3) is 0 Å². The van der Waals surface area contributed by atoms with Gasteiger partial charge in [0.15, 0.2) is 0 Å². The van der Waals surface area contributed by atoms with Crippen molar-refractivity contribution in [1.29, 1.82) is 0 Å². The molecular formula is C14H30N2O3. The van der Waals surface area contributed by atoms with E-state index in [1.165, 1.54) is 0 Å². The van der Waals surface area contributed by atoms with E-state index >= 15 is 0 Å². The maximum Gasteiger partial charge on any atom is 0.325 e. The first-order valence-electron chi connectivity index (χ1n) is 7.06. The van der Waals surface area contributed by atoms with Crippen LogP contribution >= 0.6 is 0 Å². The Kier molecular flexibility index (Phi) is 8.97. The molecule has 0 saturated carbocycles. The van der Waals surface area contributed by atoms with Gasteiger partial charge in [-0.2, -0.15) is 0 Å². The molecule has 2 N–H and O–H groups in total. The Hall–Kier alpha value is -0.650. The maximum atomic E-state index is 11.6. The number of ether oxygens (including phenoxy) is 2. The van der Waals surface area contributed by atoms with Crippen LogP contribution in [0.15, 0.2) is 0 Å². The monoisotopic (exact) mass is 274 g/mol. The summed E-state index contributed by atoms with van der Waals surface area (Å²) in [6.45, 7) is 10.5. The summed E-state index contributed by atoms with van der Waals surface area (Å²) < 4.78 is 10.4. The zero-order chi connectivity index (χ0) is 14.9. The molecule has 0 aromatic carbocycles. The third-order valence-electron chi connectivity index (χ3n) is 2.90. The van der Waals surface area contributed by atoms with Crippen molar-refractivity contribution in [3.63, 3.8) is 0 Å². The third kappa shape index (κ3) is 8.97. The van der Waals surface area contributed by atoms with Crippen molar-refractivity contribution in [2.45, 2.75) is 52.2 Å². The third-order valence-corrected chi connectivity index (χ3v) is 2.90. The van der Waals surface area contributed by atoms with E-state index in [0.717, 1.165) is 26.1 Å². The molecule has 0 radical (unpaired) electrons. The molecule has 0 fully saturated rings. The fourth-order valence-corrected chi connectivity index (χ4v) is 1.67. The number of hydrogen-bond donors (Lipinski definition) is 1. The Morgan fingerprint density at radius 1 is 1.37 bits per heavy atom. The molecule has 1 atom stereocenters. The van der Waals surface area contributed by atoms with Crippen molar-refractivity contribution in [2.75, 3.05) is 33.4 Å². The first kappa shape index (κ1) is 18.4. The van der Waals surface area contributed by atoms with Crippen LogP contribution in [0.3, 0.4) is 0 Å². The highest BCUT2D eigenvalue weighted by Crippen LogP contribution is 2.11. The first-order valence-corrected chi connectivity index (χ1v) is 7.06. The van der Waals surface area contributed by atoms with Crippen LogP contribution < -0.4 is 5.73 Å². The van der Waals surface area contributed by atoms with Gasteiger partial charge in [-0.3, -0.25) is 4.79 Å². The molecule has 1 unspecified atom stereocenters. The highest BCUT2D eigenvalue weighted by atomic mass is 16.5. The molecule has 0 aliphatic carbocycles. The molecule has 0 aromatic rings. The Morgan fingerprint density at radius 2 is 2.00 bits per heavy atom. The topological polar surface area (TPSA) is 64.8 Å². The van der Waals surface area contributed by atoms with E-state index in [2.05, 4.69) is 4.90 Å². The number of hydrogen-bond acceptors (Lipinski definition) is 5. The lowest BCUT2D eigenvalue weighted by atomic mass is 9.97. The molecule has 0 heterocycles. The first-order chi connectivity index (χ1) is 8.79. The van der Waals surface area contributed by atoms with Gasteiger partial charge in [0.25, 0.3) is 0 Å². The van der Waals surface area contributed by atoms with Gasteiger partial charge in [-0.05, 0) is 54.1 Å². The summed E-state index contributed by atoms with van der Waals surface area (Å²) in [5.74, 6) is -0.319. The van der Waals surface area contributed by atoms with Gasteiger partial charge in [0.05, 0.1) is 19.3 Å². The number of nitrogens with two attached hydrogens (primary N) is 1. The van der Waals surface area contributed by atoms with Crippen molar-refractivity contribution in [2.24, 2.45) is 5.73 Å². The minimum Gasteiger partial charge on any atom is -0.465 e. The molecule has 0 spiro atoms. The lowest BCUT2D eigenvalue weighted by Crippen LogP contribution is -2.46. The lowest BCUT2D eigenvalue weighted by molar-refractivity contribution is -0.149. The Morgan fingerprint density at radius 3 is 2.53 bits per heavy atom. The zero-order valence-electron chi connectivity index (χ0n) is 13.1. The van der Waals surface area contributed by atoms with Gasteiger partial charge < -0.3 is 20.1 Å². The van der Waals surface area contributed by atoms with Crippen molar-refractivity contribution >= 4 is 5.97 Å². The van der Waals surface area contributed by atoms with Crippen molar-refractivity contribution in [3.05, 3.63) is 0 Å². The molecule has 0 aromatic heterocycles. The molecule has 0 saturated heterocycles. The van der Waals surface area contributed by atoms with Crippen LogP contribution in [0.4, 0.5) is 0 Å². The average Bonchev–Trinajstić information content (AvgIpc) is 2.28. The molecule has 19 heavy (non-hydrogen) atoms. The van der Waals surface area contributed by atoms with E-state index in [0.29, 0.717) is 13.0 Å². The summed E-state index contributed by atoms with van der Waals surface area (Å²) in [4.78, 5) is 13.8. The van der Waals surface area contributed by atoms with E-state index in [1.807, 2.05) is 20.9 Å². The molecule has 5 nitrogen and oxygen atoms in total. The molecule has 5 heteroatoms. The van der Waals surface area contributed by atoms with Crippen LogP contribution in [0.1, 0.15) is 40.5 Å². The van der Waals surface area contributed by atoms with Crippen molar-refractivity contribution in [3.8, 4) is 0 Å². The molecule has 0 aliphatic heterocycles. The minimum atomic E-state index is -0.884. The van der Waals surface area contributed by atoms with Gasteiger partial charge in [0.1, 0.15) is 5.54 Å². The molecular weight excluding hydrogens is 244 g/mol. The average molecular weight is 274 g/mol. The van der Waals surface area contributed by atoms with Crippen LogP contribution in [0.2, 0.25) is 0 Å². The number of likely N-dealkylation sites (N-methyl/N-ethyl adjacent to an activating group) is 1. The molecule has 0 rings (SSSR count). The second-order valence-corrected chi connectivity index (χ2v) is 5.46. The summed E-state index contributed by atoms with van der Waals surface area (Å²) in [7, 11) is 2.04. The quantitative estimate of drug-likeness (QED) is 0.610. The van der Waals surface area contributed by atoms with Crippen LogP contribution in [-0.4, -0.2) is 55.9 Å². The van der Waals surface area contributed by atoms with E-state index in [1.54, 1.807) is 13.8 Å². The van der Waals surface area contributed by atoms with Crippen molar-refractivity contribution in [1.82, 2.24) is 4.90 Å². The highest BCUT2D eigenvalue weighted by molar-refractivity contribution is 5.79. The highest BCUT2D eigenvalue weighted by Gasteiger charge is 2.29. The number of carbonyl (C=O) groups excluding carboxylic acids is 1. The molecule has 114 valence electrons. The van der Waals surface area contributed by atoms with E-state index in [-0.39, 0.29) is 12.1 Å². The van der Waals surface area contributed by atoms with E-state index in [4.69, 9.17) is 15.2 Å². The van der Waals surface area contributed by atoms with E-state index in [9.17, 15) is 4.79 Å². The maximum absolute atomic E-state index is 11.6. The summed E-state index contributed by atoms with van der Waals surface area (Å²) in [5.41, 5.74) is 5.07. The van der Waals surface area contributed by atoms with Gasteiger partial charge >= 0.3 is 5.97 Å². The number of carbonyl (C=O) groups is 1. The predicted octanol–water partition coefficient (Wildman–Crippen LogP) is 1.40. The lowest BCUT2D eigenvalue weighted by Gasteiger charge is -2.24. The largest absolute Gasteiger partial charge is 0.465 e. The van der Waals surface area contributed by atoms with Gasteiger partial charge in [-0.15, -0.1) is 0 Å². The van der Waals surface area contributed by atoms with Gasteiger partial charge in [-0.1, -0.05) is 0 Å². The molecule has 0 amide bonds. The standard InChI is InChI=1S/C14H30N2O3/c1-6-18-13(17)14(4,15)8-7-9-16(5)10-11-19-12(2)3/h12H,6-11,15H2,1-5H3. The molecule has 0 bridgehead atoms. The smallest absolute Gasteiger partial charge is 0.325 e. The van der Waals surface area contributed by atoms with Gasteiger partial charge in [0.2, 0.25) is 0 Å².